The van der Waals surface area contributed by atoms with Crippen molar-refractivity contribution < 1.29 is 4.79 Å². The van der Waals surface area contributed by atoms with Gasteiger partial charge in [-0.2, -0.15) is 5.10 Å². The molecule has 2 heterocycles. The maximum Gasteiger partial charge on any atom is 0.269 e. The average Bonchev–Trinajstić information content (AvgIpc) is 3.41. The van der Waals surface area contributed by atoms with E-state index in [2.05, 4.69) is 31.0 Å². The Kier molecular flexibility index (Phi) is 3.52. The number of nitrogens with zero attached hydrogens (tertiary/aromatic N) is 3. The van der Waals surface area contributed by atoms with Crippen molar-refractivity contribution in [3.63, 3.8) is 0 Å². The van der Waals surface area contributed by atoms with Crippen molar-refractivity contribution in [2.45, 2.75) is 76.4 Å². The van der Waals surface area contributed by atoms with Crippen LogP contribution in [0.2, 0.25) is 0 Å². The van der Waals surface area contributed by atoms with Crippen molar-refractivity contribution in [1.82, 2.24) is 20.0 Å². The number of hydrogen-bond acceptors (Lipinski definition) is 3. The smallest absolute Gasteiger partial charge is 0.269 e. The lowest BCUT2D eigenvalue weighted by atomic mass is 10.1. The number of hydrogen-bond donors (Lipinski definition) is 1. The molecule has 3 aliphatic rings. The van der Waals surface area contributed by atoms with E-state index in [1.54, 1.807) is 0 Å². The highest BCUT2D eigenvalue weighted by molar-refractivity contribution is 5.93. The first-order valence-electron chi connectivity index (χ1n) is 9.07. The van der Waals surface area contributed by atoms with E-state index >= 15 is 0 Å². The van der Waals surface area contributed by atoms with Gasteiger partial charge >= 0.3 is 0 Å². The minimum absolute atomic E-state index is 0.0435. The van der Waals surface area contributed by atoms with Crippen molar-refractivity contribution in [3.05, 3.63) is 17.5 Å². The molecular formula is C18H28N4O. The van der Waals surface area contributed by atoms with E-state index in [9.17, 15) is 4.79 Å². The molecule has 5 heteroatoms. The molecule has 2 aliphatic carbocycles. The summed E-state index contributed by atoms with van der Waals surface area (Å²) in [6, 6.07) is 3.10. The minimum Gasteiger partial charge on any atom is -0.347 e. The SMILES string of the molecule is CC(C)(C)n1nc(C2CC2)cc1C(=O)N[C@@H]1CCN(C2CC2)C1. The predicted octanol–water partition coefficient (Wildman–Crippen LogP) is 2.48. The Morgan fingerprint density at radius 2 is 1.96 bits per heavy atom. The van der Waals surface area contributed by atoms with E-state index in [-0.39, 0.29) is 17.5 Å². The summed E-state index contributed by atoms with van der Waals surface area (Å²) in [5, 5.41) is 7.99. The van der Waals surface area contributed by atoms with E-state index < -0.39 is 0 Å². The monoisotopic (exact) mass is 316 g/mol. The molecule has 23 heavy (non-hydrogen) atoms. The summed E-state index contributed by atoms with van der Waals surface area (Å²) < 4.78 is 1.92. The van der Waals surface area contributed by atoms with Crippen LogP contribution in [0.5, 0.6) is 0 Å². The molecule has 1 atom stereocenters. The van der Waals surface area contributed by atoms with Gasteiger partial charge in [0, 0.05) is 31.1 Å². The van der Waals surface area contributed by atoms with Crippen molar-refractivity contribution in [3.8, 4) is 0 Å². The Balaban J connectivity index is 1.48. The zero-order valence-corrected chi connectivity index (χ0v) is 14.5. The van der Waals surface area contributed by atoms with Crippen LogP contribution >= 0.6 is 0 Å². The highest BCUT2D eigenvalue weighted by atomic mass is 16.2. The summed E-state index contributed by atoms with van der Waals surface area (Å²) in [7, 11) is 0. The fourth-order valence-electron chi connectivity index (χ4n) is 3.59. The Bertz CT molecular complexity index is 607. The molecule has 2 saturated carbocycles. The first-order valence-corrected chi connectivity index (χ1v) is 9.07. The third-order valence-corrected chi connectivity index (χ3v) is 5.21. The maximum absolute atomic E-state index is 12.8. The molecular weight excluding hydrogens is 288 g/mol. The van der Waals surface area contributed by atoms with Crippen LogP contribution in [-0.4, -0.2) is 45.8 Å². The molecule has 5 nitrogen and oxygen atoms in total. The van der Waals surface area contributed by atoms with E-state index in [4.69, 9.17) is 5.10 Å². The third kappa shape index (κ3) is 3.16. The van der Waals surface area contributed by atoms with Gasteiger partial charge < -0.3 is 5.32 Å². The Hall–Kier alpha value is -1.36. The summed E-state index contributed by atoms with van der Waals surface area (Å²) in [5.74, 6) is 0.615. The number of rotatable bonds is 4. The fraction of sp³-hybridized carbons (Fsp3) is 0.778. The third-order valence-electron chi connectivity index (χ3n) is 5.21. The Morgan fingerprint density at radius 1 is 1.22 bits per heavy atom. The van der Waals surface area contributed by atoms with Crippen molar-refractivity contribution in [1.29, 1.82) is 0 Å². The first kappa shape index (κ1) is 15.2. The average molecular weight is 316 g/mol. The zero-order valence-electron chi connectivity index (χ0n) is 14.5. The maximum atomic E-state index is 12.8. The van der Waals surface area contributed by atoms with Gasteiger partial charge in [0.1, 0.15) is 5.69 Å². The lowest BCUT2D eigenvalue weighted by molar-refractivity contribution is 0.0919. The van der Waals surface area contributed by atoms with Gasteiger partial charge in [0.2, 0.25) is 0 Å². The lowest BCUT2D eigenvalue weighted by Crippen LogP contribution is -2.39. The molecule has 1 aliphatic heterocycles. The highest BCUT2D eigenvalue weighted by Gasteiger charge is 2.36. The summed E-state index contributed by atoms with van der Waals surface area (Å²) in [4.78, 5) is 15.4. The molecule has 0 aromatic carbocycles. The number of carbonyl (C=O) groups excluding carboxylic acids is 1. The van der Waals surface area contributed by atoms with Crippen LogP contribution in [-0.2, 0) is 5.54 Å². The van der Waals surface area contributed by atoms with Crippen molar-refractivity contribution in [2.75, 3.05) is 13.1 Å². The second kappa shape index (κ2) is 5.33. The summed E-state index contributed by atoms with van der Waals surface area (Å²) in [5.41, 5.74) is 1.65. The van der Waals surface area contributed by atoms with Gasteiger partial charge in [-0.1, -0.05) is 0 Å². The predicted molar refractivity (Wildman–Crippen MR) is 89.7 cm³/mol. The first-order chi connectivity index (χ1) is 10.9. The molecule has 4 rings (SSSR count). The molecule has 0 radical (unpaired) electrons. The van der Waals surface area contributed by atoms with Crippen molar-refractivity contribution >= 4 is 5.91 Å². The van der Waals surface area contributed by atoms with Gasteiger partial charge in [0.15, 0.2) is 0 Å². The van der Waals surface area contributed by atoms with E-state index in [1.165, 1.54) is 25.7 Å². The minimum atomic E-state index is -0.171. The standard InChI is InChI=1S/C18H28N4O/c1-18(2,3)22-16(10-15(20-22)12-4-5-12)17(23)19-13-8-9-21(11-13)14-6-7-14/h10,12-14H,4-9,11H2,1-3H3,(H,19,23)/t13-/m1/s1. The summed E-state index contributed by atoms with van der Waals surface area (Å²) in [6.45, 7) is 8.46. The summed E-state index contributed by atoms with van der Waals surface area (Å²) >= 11 is 0. The second-order valence-electron chi connectivity index (χ2n) is 8.50. The lowest BCUT2D eigenvalue weighted by Gasteiger charge is -2.23. The second-order valence-corrected chi connectivity index (χ2v) is 8.50. The molecule has 0 unspecified atom stereocenters. The van der Waals surface area contributed by atoms with E-state index in [1.807, 2.05) is 10.7 Å². The molecule has 0 bridgehead atoms. The van der Waals surface area contributed by atoms with E-state index in [0.29, 0.717) is 5.92 Å². The van der Waals surface area contributed by atoms with Gasteiger partial charge in [-0.25, -0.2) is 0 Å². The zero-order chi connectivity index (χ0) is 16.2. The van der Waals surface area contributed by atoms with Crippen LogP contribution < -0.4 is 5.32 Å². The molecule has 3 fully saturated rings. The van der Waals surface area contributed by atoms with Crippen LogP contribution in [0.4, 0.5) is 0 Å². The van der Waals surface area contributed by atoms with Gasteiger partial charge in [-0.15, -0.1) is 0 Å². The Labute approximate surface area is 138 Å². The molecule has 126 valence electrons. The van der Waals surface area contributed by atoms with Crippen LogP contribution in [0, 0.1) is 0 Å². The van der Waals surface area contributed by atoms with Crippen LogP contribution in [0.15, 0.2) is 6.07 Å². The number of amides is 1. The van der Waals surface area contributed by atoms with Gasteiger partial charge in [0.05, 0.1) is 11.2 Å². The number of likely N-dealkylation sites (tertiary alicyclic amines) is 1. The topological polar surface area (TPSA) is 50.2 Å². The van der Waals surface area contributed by atoms with Crippen molar-refractivity contribution in [2.24, 2.45) is 0 Å². The molecule has 0 spiro atoms. The highest BCUT2D eigenvalue weighted by Crippen LogP contribution is 2.40. The number of aromatic nitrogens is 2. The molecule has 1 N–H and O–H groups in total. The Morgan fingerprint density at radius 3 is 2.57 bits per heavy atom. The molecule has 1 aromatic heterocycles. The molecule has 1 amide bonds. The van der Waals surface area contributed by atoms with Crippen LogP contribution in [0.1, 0.15) is 75.0 Å². The molecule has 1 saturated heterocycles. The van der Waals surface area contributed by atoms with Gasteiger partial charge in [0.25, 0.3) is 5.91 Å². The summed E-state index contributed by atoms with van der Waals surface area (Å²) in [6.07, 6.45) is 6.16. The van der Waals surface area contributed by atoms with Gasteiger partial charge in [-0.3, -0.25) is 14.4 Å². The fourth-order valence-corrected chi connectivity index (χ4v) is 3.59. The quantitative estimate of drug-likeness (QED) is 0.928. The van der Waals surface area contributed by atoms with E-state index in [0.717, 1.165) is 36.9 Å². The van der Waals surface area contributed by atoms with Crippen LogP contribution in [0.3, 0.4) is 0 Å². The normalized spacial score (nSPS) is 25.8. The number of nitrogens with one attached hydrogen (secondary N) is 1. The molecule has 1 aromatic rings. The van der Waals surface area contributed by atoms with Gasteiger partial charge in [-0.05, 0) is 58.9 Å². The largest absolute Gasteiger partial charge is 0.347 e. The number of carbonyl (C=O) groups is 1. The van der Waals surface area contributed by atoms with Crippen LogP contribution in [0.25, 0.3) is 0 Å².